The molecule has 1 aromatic carbocycles. The lowest BCUT2D eigenvalue weighted by molar-refractivity contribution is 0.413. The van der Waals surface area contributed by atoms with Crippen LogP contribution in [0.25, 0.3) is 0 Å². The molecular formula is C18H24N2O. The minimum atomic E-state index is 0.362. The fraction of sp³-hybridized carbons (Fsp3) is 0.389. The first-order valence-electron chi connectivity index (χ1n) is 7.51. The van der Waals surface area contributed by atoms with Crippen molar-refractivity contribution in [3.63, 3.8) is 0 Å². The molecule has 3 heteroatoms. The van der Waals surface area contributed by atoms with E-state index in [0.717, 1.165) is 25.1 Å². The van der Waals surface area contributed by atoms with Gasteiger partial charge in [0.15, 0.2) is 0 Å². The quantitative estimate of drug-likeness (QED) is 0.842. The minimum absolute atomic E-state index is 0.362. The van der Waals surface area contributed by atoms with Crippen molar-refractivity contribution in [2.24, 2.45) is 0 Å². The Labute approximate surface area is 127 Å². The lowest BCUT2D eigenvalue weighted by Crippen LogP contribution is -2.22. The van der Waals surface area contributed by atoms with Crippen molar-refractivity contribution in [2.75, 3.05) is 13.7 Å². The number of nitrogens with one attached hydrogen (secondary N) is 1. The van der Waals surface area contributed by atoms with Gasteiger partial charge in [0.2, 0.25) is 0 Å². The van der Waals surface area contributed by atoms with Crippen molar-refractivity contribution in [3.05, 3.63) is 59.4 Å². The number of benzene rings is 1. The van der Waals surface area contributed by atoms with Gasteiger partial charge in [-0.15, -0.1) is 0 Å². The Kier molecular flexibility index (Phi) is 5.76. The molecule has 0 aliphatic rings. The maximum Gasteiger partial charge on any atom is 0.119 e. The van der Waals surface area contributed by atoms with E-state index in [4.69, 9.17) is 4.74 Å². The van der Waals surface area contributed by atoms with Gasteiger partial charge >= 0.3 is 0 Å². The molecule has 2 rings (SSSR count). The fourth-order valence-corrected chi connectivity index (χ4v) is 2.64. The Morgan fingerprint density at radius 3 is 2.76 bits per heavy atom. The number of aromatic nitrogens is 1. The van der Waals surface area contributed by atoms with Crippen molar-refractivity contribution in [1.29, 1.82) is 0 Å². The number of hydrogen-bond acceptors (Lipinski definition) is 3. The zero-order valence-corrected chi connectivity index (χ0v) is 13.1. The van der Waals surface area contributed by atoms with Crippen molar-refractivity contribution in [1.82, 2.24) is 10.3 Å². The summed E-state index contributed by atoms with van der Waals surface area (Å²) in [5, 5.41) is 3.59. The van der Waals surface area contributed by atoms with E-state index in [-0.39, 0.29) is 0 Å². The highest BCUT2D eigenvalue weighted by molar-refractivity contribution is 5.36. The number of ether oxygens (including phenoxy) is 1. The smallest absolute Gasteiger partial charge is 0.119 e. The first-order chi connectivity index (χ1) is 10.2. The molecule has 1 heterocycles. The average molecular weight is 284 g/mol. The van der Waals surface area contributed by atoms with Gasteiger partial charge in [0.05, 0.1) is 7.11 Å². The van der Waals surface area contributed by atoms with E-state index in [0.29, 0.717) is 6.04 Å². The highest BCUT2D eigenvalue weighted by Gasteiger charge is 2.13. The van der Waals surface area contributed by atoms with Gasteiger partial charge in [-0.3, -0.25) is 4.98 Å². The maximum atomic E-state index is 5.29. The Bertz CT molecular complexity index is 554. The van der Waals surface area contributed by atoms with E-state index in [1.165, 1.54) is 16.7 Å². The molecule has 0 radical (unpaired) electrons. The predicted octanol–water partition coefficient (Wildman–Crippen LogP) is 3.68. The highest BCUT2D eigenvalue weighted by atomic mass is 16.5. The fourth-order valence-electron chi connectivity index (χ4n) is 2.64. The number of hydrogen-bond donors (Lipinski definition) is 1. The zero-order chi connectivity index (χ0) is 15.1. The van der Waals surface area contributed by atoms with Crippen LogP contribution in [0.2, 0.25) is 0 Å². The standard InChI is InChI=1S/C18H24N2O/c1-4-20-18(10-7-15-6-5-11-19-13-15)17-9-8-16(21-3)12-14(17)2/h5-6,8-9,11-13,18,20H,4,7,10H2,1-3H3. The number of methoxy groups -OCH3 is 1. The van der Waals surface area contributed by atoms with Crippen LogP contribution in [0.5, 0.6) is 5.75 Å². The molecule has 0 aliphatic carbocycles. The zero-order valence-electron chi connectivity index (χ0n) is 13.1. The number of nitrogens with zero attached hydrogens (tertiary/aromatic N) is 1. The van der Waals surface area contributed by atoms with E-state index in [1.54, 1.807) is 7.11 Å². The predicted molar refractivity (Wildman–Crippen MR) is 86.7 cm³/mol. The van der Waals surface area contributed by atoms with Gasteiger partial charge < -0.3 is 10.1 Å². The van der Waals surface area contributed by atoms with E-state index in [1.807, 2.05) is 24.5 Å². The van der Waals surface area contributed by atoms with Crippen LogP contribution in [-0.2, 0) is 6.42 Å². The van der Waals surface area contributed by atoms with E-state index < -0.39 is 0 Å². The lowest BCUT2D eigenvalue weighted by atomic mass is 9.95. The summed E-state index contributed by atoms with van der Waals surface area (Å²) < 4.78 is 5.29. The first-order valence-corrected chi connectivity index (χ1v) is 7.51. The normalized spacial score (nSPS) is 12.1. The molecule has 0 aliphatic heterocycles. The summed E-state index contributed by atoms with van der Waals surface area (Å²) in [7, 11) is 1.71. The molecule has 2 aromatic rings. The summed E-state index contributed by atoms with van der Waals surface area (Å²) in [5.41, 5.74) is 3.90. The van der Waals surface area contributed by atoms with Crippen LogP contribution < -0.4 is 10.1 Å². The van der Waals surface area contributed by atoms with Gasteiger partial charge in [-0.05, 0) is 61.2 Å². The molecule has 0 bridgehead atoms. The summed E-state index contributed by atoms with van der Waals surface area (Å²) in [6, 6.07) is 10.8. The molecule has 1 aromatic heterocycles. The van der Waals surface area contributed by atoms with Gasteiger partial charge in [0.25, 0.3) is 0 Å². The number of rotatable bonds is 7. The molecule has 0 amide bonds. The second kappa shape index (κ2) is 7.79. The second-order valence-corrected chi connectivity index (χ2v) is 5.23. The molecule has 0 fully saturated rings. The topological polar surface area (TPSA) is 34.2 Å². The Balaban J connectivity index is 2.11. The number of pyridine rings is 1. The van der Waals surface area contributed by atoms with Gasteiger partial charge in [-0.1, -0.05) is 19.1 Å². The Hall–Kier alpha value is -1.87. The van der Waals surface area contributed by atoms with Gasteiger partial charge in [-0.2, -0.15) is 0 Å². The molecule has 112 valence electrons. The molecule has 0 saturated heterocycles. The monoisotopic (exact) mass is 284 g/mol. The molecule has 1 N–H and O–H groups in total. The molecule has 21 heavy (non-hydrogen) atoms. The van der Waals surface area contributed by atoms with Crippen molar-refractivity contribution < 1.29 is 4.74 Å². The minimum Gasteiger partial charge on any atom is -0.497 e. The Morgan fingerprint density at radius 2 is 2.14 bits per heavy atom. The third-order valence-electron chi connectivity index (χ3n) is 3.75. The first kappa shape index (κ1) is 15.5. The van der Waals surface area contributed by atoms with Crippen LogP contribution in [0.4, 0.5) is 0 Å². The molecule has 3 nitrogen and oxygen atoms in total. The molecular weight excluding hydrogens is 260 g/mol. The van der Waals surface area contributed by atoms with Crippen LogP contribution in [0, 0.1) is 6.92 Å². The van der Waals surface area contributed by atoms with Crippen LogP contribution in [0.3, 0.4) is 0 Å². The van der Waals surface area contributed by atoms with Crippen molar-refractivity contribution in [2.45, 2.75) is 32.7 Å². The van der Waals surface area contributed by atoms with Gasteiger partial charge in [0, 0.05) is 18.4 Å². The third kappa shape index (κ3) is 4.30. The van der Waals surface area contributed by atoms with Crippen LogP contribution in [-0.4, -0.2) is 18.6 Å². The van der Waals surface area contributed by atoms with E-state index in [2.05, 4.69) is 42.3 Å². The van der Waals surface area contributed by atoms with Crippen molar-refractivity contribution >= 4 is 0 Å². The summed E-state index contributed by atoms with van der Waals surface area (Å²) in [5.74, 6) is 0.916. The van der Waals surface area contributed by atoms with E-state index >= 15 is 0 Å². The van der Waals surface area contributed by atoms with Gasteiger partial charge in [0.1, 0.15) is 5.75 Å². The molecule has 1 atom stereocenters. The lowest BCUT2D eigenvalue weighted by Gasteiger charge is -2.21. The number of aryl methyl sites for hydroxylation is 2. The van der Waals surface area contributed by atoms with E-state index in [9.17, 15) is 0 Å². The van der Waals surface area contributed by atoms with Crippen LogP contribution in [0.15, 0.2) is 42.7 Å². The van der Waals surface area contributed by atoms with Crippen LogP contribution >= 0.6 is 0 Å². The summed E-state index contributed by atoms with van der Waals surface area (Å²) in [6.45, 7) is 5.26. The largest absolute Gasteiger partial charge is 0.497 e. The average Bonchev–Trinajstić information content (AvgIpc) is 2.52. The SMILES string of the molecule is CCNC(CCc1cccnc1)c1ccc(OC)cc1C. The van der Waals surface area contributed by atoms with Crippen LogP contribution in [0.1, 0.15) is 36.1 Å². The maximum absolute atomic E-state index is 5.29. The summed E-state index contributed by atoms with van der Waals surface area (Å²) >= 11 is 0. The highest BCUT2D eigenvalue weighted by Crippen LogP contribution is 2.25. The summed E-state index contributed by atoms with van der Waals surface area (Å²) in [6.07, 6.45) is 5.85. The molecule has 0 saturated carbocycles. The second-order valence-electron chi connectivity index (χ2n) is 5.23. The molecule has 1 unspecified atom stereocenters. The Morgan fingerprint density at radius 1 is 1.29 bits per heavy atom. The summed E-state index contributed by atoms with van der Waals surface area (Å²) in [4.78, 5) is 4.18. The van der Waals surface area contributed by atoms with Gasteiger partial charge in [-0.25, -0.2) is 0 Å². The molecule has 0 spiro atoms. The third-order valence-corrected chi connectivity index (χ3v) is 3.75. The van der Waals surface area contributed by atoms with Crippen molar-refractivity contribution in [3.8, 4) is 5.75 Å².